The van der Waals surface area contributed by atoms with Crippen molar-refractivity contribution in [2.45, 2.75) is 50.9 Å². The largest absolute Gasteiger partial charge is 0.358 e. The lowest BCUT2D eigenvalue weighted by molar-refractivity contribution is 0.546. The minimum atomic E-state index is 0.178. The molecule has 0 bridgehead atoms. The second-order valence-electron chi connectivity index (χ2n) is 6.12. The first-order valence-corrected chi connectivity index (χ1v) is 8.36. The van der Waals surface area contributed by atoms with E-state index in [0.29, 0.717) is 0 Å². The Bertz CT molecular complexity index is 579. The number of fused-ring (bicyclic) bond motifs is 2. The average molecular weight is 332 g/mol. The fraction of sp³-hybridized carbons (Fsp3) is 0.444. The van der Waals surface area contributed by atoms with Crippen molar-refractivity contribution in [3.05, 3.63) is 46.6 Å². The van der Waals surface area contributed by atoms with Crippen molar-refractivity contribution in [1.82, 2.24) is 0 Å². The molecule has 1 aliphatic carbocycles. The fourth-order valence-electron chi connectivity index (χ4n) is 3.77. The average Bonchev–Trinajstić information content (AvgIpc) is 2.98. The maximum Gasteiger partial charge on any atom is 0.0435 e. The zero-order valence-electron chi connectivity index (χ0n) is 12.2. The smallest absolute Gasteiger partial charge is 0.0435 e. The minimum Gasteiger partial charge on any atom is -0.358 e. The summed E-state index contributed by atoms with van der Waals surface area (Å²) in [6.45, 7) is 10.8. The van der Waals surface area contributed by atoms with E-state index in [1.807, 2.05) is 0 Å². The van der Waals surface area contributed by atoms with Crippen LogP contribution in [0.1, 0.15) is 56.6 Å². The number of rotatable bonds is 3. The van der Waals surface area contributed by atoms with Gasteiger partial charge in [0.15, 0.2) is 0 Å². The maximum absolute atomic E-state index is 4.30. The molecule has 1 spiro atoms. The maximum atomic E-state index is 4.30. The zero-order chi connectivity index (χ0) is 14.3. The summed E-state index contributed by atoms with van der Waals surface area (Å²) in [5.74, 6) is 0. The highest BCUT2D eigenvalue weighted by Crippen LogP contribution is 2.54. The van der Waals surface area contributed by atoms with E-state index in [1.165, 1.54) is 53.8 Å². The molecule has 106 valence electrons. The van der Waals surface area contributed by atoms with Gasteiger partial charge in [-0.25, -0.2) is 0 Å². The van der Waals surface area contributed by atoms with Crippen LogP contribution in [-0.2, 0) is 5.41 Å². The molecule has 1 fully saturated rings. The summed E-state index contributed by atoms with van der Waals surface area (Å²) in [7, 11) is 0. The molecule has 0 atom stereocenters. The van der Waals surface area contributed by atoms with Gasteiger partial charge in [0, 0.05) is 21.3 Å². The molecule has 0 aromatic heterocycles. The monoisotopic (exact) mass is 331 g/mol. The van der Waals surface area contributed by atoms with Crippen molar-refractivity contribution >= 4 is 27.2 Å². The van der Waals surface area contributed by atoms with Gasteiger partial charge in [-0.15, -0.1) is 0 Å². The van der Waals surface area contributed by atoms with Crippen LogP contribution in [0.25, 0.3) is 5.57 Å². The molecule has 20 heavy (non-hydrogen) atoms. The second-order valence-corrected chi connectivity index (χ2v) is 6.98. The number of allylic oxidation sites excluding steroid dienone is 2. The topological polar surface area (TPSA) is 12.0 Å². The lowest BCUT2D eigenvalue weighted by atomic mass is 9.78. The van der Waals surface area contributed by atoms with Crippen molar-refractivity contribution in [2.75, 3.05) is 5.32 Å². The zero-order valence-corrected chi connectivity index (χ0v) is 13.8. The van der Waals surface area contributed by atoms with Crippen LogP contribution in [0.2, 0.25) is 0 Å². The van der Waals surface area contributed by atoms with Crippen LogP contribution in [0.4, 0.5) is 5.69 Å². The van der Waals surface area contributed by atoms with Gasteiger partial charge in [0.05, 0.1) is 0 Å². The van der Waals surface area contributed by atoms with Gasteiger partial charge in [-0.05, 0) is 48.1 Å². The van der Waals surface area contributed by atoms with Crippen LogP contribution in [0.15, 0.2) is 35.5 Å². The third-order valence-electron chi connectivity index (χ3n) is 4.88. The summed E-state index contributed by atoms with van der Waals surface area (Å²) in [5.41, 5.74) is 6.54. The van der Waals surface area contributed by atoms with Crippen LogP contribution >= 0.6 is 15.9 Å². The number of hydrogen-bond donors (Lipinski definition) is 1. The summed E-state index contributed by atoms with van der Waals surface area (Å²) in [6.07, 6.45) is 7.26. The van der Waals surface area contributed by atoms with Crippen molar-refractivity contribution < 1.29 is 0 Å². The molecule has 2 aliphatic rings. The third-order valence-corrected chi connectivity index (χ3v) is 5.53. The molecular formula is C18H22BrN. The third kappa shape index (κ3) is 1.96. The Morgan fingerprint density at radius 2 is 2.05 bits per heavy atom. The number of benzene rings is 1. The van der Waals surface area contributed by atoms with Gasteiger partial charge in [0.25, 0.3) is 0 Å². The van der Waals surface area contributed by atoms with Crippen LogP contribution < -0.4 is 5.32 Å². The van der Waals surface area contributed by atoms with Gasteiger partial charge in [-0.1, -0.05) is 55.3 Å². The Balaban J connectivity index is 2.09. The van der Waals surface area contributed by atoms with Crippen LogP contribution in [0.5, 0.6) is 0 Å². The van der Waals surface area contributed by atoms with Crippen LogP contribution in [0.3, 0.4) is 0 Å². The number of nitrogens with one attached hydrogen (secondary N) is 1. The van der Waals surface area contributed by atoms with Gasteiger partial charge in [0.1, 0.15) is 0 Å². The molecular weight excluding hydrogens is 310 g/mol. The molecule has 1 heterocycles. The van der Waals surface area contributed by atoms with Gasteiger partial charge >= 0.3 is 0 Å². The van der Waals surface area contributed by atoms with Crippen LogP contribution in [-0.4, -0.2) is 0 Å². The molecule has 1 saturated carbocycles. The van der Waals surface area contributed by atoms with E-state index in [1.54, 1.807) is 0 Å². The van der Waals surface area contributed by atoms with Crippen molar-refractivity contribution in [3.63, 3.8) is 0 Å². The van der Waals surface area contributed by atoms with Gasteiger partial charge in [-0.3, -0.25) is 0 Å². The Kier molecular flexibility index (Phi) is 3.53. The molecule has 1 aliphatic heterocycles. The van der Waals surface area contributed by atoms with Gasteiger partial charge in [0.2, 0.25) is 0 Å². The molecule has 3 rings (SSSR count). The van der Waals surface area contributed by atoms with E-state index in [9.17, 15) is 0 Å². The molecule has 0 saturated heterocycles. The summed E-state index contributed by atoms with van der Waals surface area (Å²) < 4.78 is 1.14. The molecule has 1 aromatic carbocycles. The predicted octanol–water partition coefficient (Wildman–Crippen LogP) is 6.01. The first-order valence-electron chi connectivity index (χ1n) is 7.57. The predicted molar refractivity (Wildman–Crippen MR) is 91.0 cm³/mol. The molecule has 1 nitrogen and oxygen atoms in total. The molecule has 1 N–H and O–H groups in total. The van der Waals surface area contributed by atoms with Crippen molar-refractivity contribution in [2.24, 2.45) is 0 Å². The normalized spacial score (nSPS) is 19.2. The lowest BCUT2D eigenvalue weighted by Gasteiger charge is -2.25. The van der Waals surface area contributed by atoms with Crippen LogP contribution in [0, 0.1) is 0 Å². The lowest BCUT2D eigenvalue weighted by Crippen LogP contribution is -2.21. The quantitative estimate of drug-likeness (QED) is 0.714. The summed E-state index contributed by atoms with van der Waals surface area (Å²) >= 11 is 3.71. The minimum absolute atomic E-state index is 0.178. The summed E-state index contributed by atoms with van der Waals surface area (Å²) in [4.78, 5) is 0. The van der Waals surface area contributed by atoms with Gasteiger partial charge in [-0.2, -0.15) is 0 Å². The SMILES string of the molecule is C=C(CCC)c1cc2c(cc1Br)NC(=C)C21CCCC1. The standard InChI is InChI=1S/C18H22BrN/c1-4-7-12(2)14-10-15-17(11-16(14)19)20-13(3)18(15)8-5-6-9-18/h10-11,20H,2-9H2,1H3. The van der Waals surface area contributed by atoms with E-state index >= 15 is 0 Å². The van der Waals surface area contributed by atoms with E-state index in [2.05, 4.69) is 53.5 Å². The molecule has 2 heteroatoms. The Labute approximate surface area is 130 Å². The Morgan fingerprint density at radius 1 is 1.35 bits per heavy atom. The number of halogens is 1. The molecule has 1 aromatic rings. The van der Waals surface area contributed by atoms with Crippen molar-refractivity contribution in [3.8, 4) is 0 Å². The Morgan fingerprint density at radius 3 is 2.70 bits per heavy atom. The van der Waals surface area contributed by atoms with E-state index in [0.717, 1.165) is 17.3 Å². The Hall–Kier alpha value is -1.02. The van der Waals surface area contributed by atoms with Gasteiger partial charge < -0.3 is 5.32 Å². The van der Waals surface area contributed by atoms with Crippen molar-refractivity contribution in [1.29, 1.82) is 0 Å². The highest BCUT2D eigenvalue weighted by atomic mass is 79.9. The molecule has 0 radical (unpaired) electrons. The highest BCUT2D eigenvalue weighted by molar-refractivity contribution is 9.10. The van der Waals surface area contributed by atoms with E-state index in [4.69, 9.17) is 0 Å². The summed E-state index contributed by atoms with van der Waals surface area (Å²) in [5, 5.41) is 3.51. The first kappa shape index (κ1) is 13.9. The molecule has 0 amide bonds. The summed E-state index contributed by atoms with van der Waals surface area (Å²) in [6, 6.07) is 4.57. The number of hydrogen-bond acceptors (Lipinski definition) is 1. The number of anilines is 1. The first-order chi connectivity index (χ1) is 9.58. The van der Waals surface area contributed by atoms with E-state index < -0.39 is 0 Å². The fourth-order valence-corrected chi connectivity index (χ4v) is 4.40. The second kappa shape index (κ2) is 5.07. The molecule has 0 unspecified atom stereocenters. The van der Waals surface area contributed by atoms with E-state index in [-0.39, 0.29) is 5.41 Å². The highest BCUT2D eigenvalue weighted by Gasteiger charge is 2.44.